The number of aryl methyl sites for hydroxylation is 1. The quantitative estimate of drug-likeness (QED) is 0.669. The zero-order valence-corrected chi connectivity index (χ0v) is 11.9. The zero-order chi connectivity index (χ0) is 16.3. The van der Waals surface area contributed by atoms with Gasteiger partial charge in [-0.3, -0.25) is 4.79 Å². The van der Waals surface area contributed by atoms with Gasteiger partial charge in [-0.1, -0.05) is 6.07 Å². The molecule has 2 aromatic rings. The molecule has 0 fully saturated rings. The van der Waals surface area contributed by atoms with Crippen molar-refractivity contribution >= 4 is 11.6 Å². The summed E-state index contributed by atoms with van der Waals surface area (Å²) in [5.41, 5.74) is 1.42. The Balaban J connectivity index is 2.24. The van der Waals surface area contributed by atoms with Crippen LogP contribution in [0, 0.1) is 12.7 Å². The van der Waals surface area contributed by atoms with Crippen LogP contribution in [0.2, 0.25) is 0 Å². The standard InChI is InChI=1S/C15H13FN2O4/c1-8-6-12(19)13(15(21)22-8)9(2)17-18-14(20)10-4-3-5-11(16)7-10/h3-7,19H,1-2H3,(H,18,20)/b17-9+. The Labute approximate surface area is 124 Å². The maximum Gasteiger partial charge on any atom is 0.348 e. The van der Waals surface area contributed by atoms with Crippen molar-refractivity contribution in [3.8, 4) is 5.75 Å². The number of hydrogen-bond acceptors (Lipinski definition) is 5. The normalized spacial score (nSPS) is 11.3. The van der Waals surface area contributed by atoms with Crippen LogP contribution >= 0.6 is 0 Å². The molecule has 22 heavy (non-hydrogen) atoms. The molecule has 0 spiro atoms. The summed E-state index contributed by atoms with van der Waals surface area (Å²) < 4.78 is 17.9. The van der Waals surface area contributed by atoms with Gasteiger partial charge in [0.25, 0.3) is 5.91 Å². The summed E-state index contributed by atoms with van der Waals surface area (Å²) in [7, 11) is 0. The number of nitrogens with one attached hydrogen (secondary N) is 1. The Hall–Kier alpha value is -2.96. The minimum Gasteiger partial charge on any atom is -0.507 e. The number of halogens is 1. The molecule has 1 amide bonds. The van der Waals surface area contributed by atoms with Crippen molar-refractivity contribution in [2.24, 2.45) is 5.10 Å². The smallest absolute Gasteiger partial charge is 0.348 e. The molecule has 7 heteroatoms. The van der Waals surface area contributed by atoms with Crippen LogP contribution in [0.3, 0.4) is 0 Å². The predicted octanol–water partition coefficient (Wildman–Crippen LogP) is 1.95. The Bertz CT molecular complexity index is 811. The van der Waals surface area contributed by atoms with E-state index in [1.54, 1.807) is 0 Å². The molecular formula is C15H13FN2O4. The molecule has 0 aliphatic carbocycles. The first-order chi connectivity index (χ1) is 10.4. The van der Waals surface area contributed by atoms with E-state index in [0.29, 0.717) is 0 Å². The first kappa shape index (κ1) is 15.4. The van der Waals surface area contributed by atoms with Crippen LogP contribution in [0.1, 0.15) is 28.6 Å². The van der Waals surface area contributed by atoms with Crippen molar-refractivity contribution in [3.05, 3.63) is 63.5 Å². The molecule has 0 atom stereocenters. The van der Waals surface area contributed by atoms with Crippen LogP contribution in [0.25, 0.3) is 0 Å². The molecule has 0 unspecified atom stereocenters. The van der Waals surface area contributed by atoms with Gasteiger partial charge in [0, 0.05) is 11.6 Å². The topological polar surface area (TPSA) is 91.9 Å². The number of benzene rings is 1. The van der Waals surface area contributed by atoms with Crippen molar-refractivity contribution in [1.29, 1.82) is 0 Å². The minimum absolute atomic E-state index is 0.0657. The number of hydrazone groups is 1. The third-order valence-electron chi connectivity index (χ3n) is 2.83. The highest BCUT2D eigenvalue weighted by atomic mass is 19.1. The Morgan fingerprint density at radius 3 is 2.73 bits per heavy atom. The summed E-state index contributed by atoms with van der Waals surface area (Å²) in [5, 5.41) is 13.5. The van der Waals surface area contributed by atoms with Gasteiger partial charge in [-0.2, -0.15) is 5.10 Å². The lowest BCUT2D eigenvalue weighted by Crippen LogP contribution is -2.21. The van der Waals surface area contributed by atoms with E-state index in [-0.39, 0.29) is 28.3 Å². The number of amides is 1. The van der Waals surface area contributed by atoms with Gasteiger partial charge < -0.3 is 9.52 Å². The summed E-state index contributed by atoms with van der Waals surface area (Å²) in [6.45, 7) is 2.94. The van der Waals surface area contributed by atoms with Gasteiger partial charge in [-0.15, -0.1) is 0 Å². The number of aromatic hydroxyl groups is 1. The molecule has 0 saturated heterocycles. The van der Waals surface area contributed by atoms with Gasteiger partial charge in [0.05, 0.1) is 5.71 Å². The Kier molecular flexibility index (Phi) is 4.36. The SMILES string of the molecule is C/C(=N\NC(=O)c1cccc(F)c1)c1c(O)cc(C)oc1=O. The van der Waals surface area contributed by atoms with Crippen LogP contribution in [0.4, 0.5) is 4.39 Å². The van der Waals surface area contributed by atoms with Crippen molar-refractivity contribution in [2.45, 2.75) is 13.8 Å². The third kappa shape index (κ3) is 3.38. The lowest BCUT2D eigenvalue weighted by molar-refractivity contribution is 0.0954. The van der Waals surface area contributed by atoms with Gasteiger partial charge in [0.15, 0.2) is 0 Å². The first-order valence-corrected chi connectivity index (χ1v) is 6.33. The molecule has 0 saturated carbocycles. The predicted molar refractivity (Wildman–Crippen MR) is 77.5 cm³/mol. The van der Waals surface area contributed by atoms with E-state index >= 15 is 0 Å². The third-order valence-corrected chi connectivity index (χ3v) is 2.83. The first-order valence-electron chi connectivity index (χ1n) is 6.33. The highest BCUT2D eigenvalue weighted by molar-refractivity contribution is 6.02. The summed E-state index contributed by atoms with van der Waals surface area (Å²) in [4.78, 5) is 23.5. The Morgan fingerprint density at radius 1 is 1.36 bits per heavy atom. The average molecular weight is 304 g/mol. The van der Waals surface area contributed by atoms with E-state index in [9.17, 15) is 19.1 Å². The van der Waals surface area contributed by atoms with Gasteiger partial charge in [0.1, 0.15) is 22.9 Å². The minimum atomic E-state index is -0.765. The monoisotopic (exact) mass is 304 g/mol. The summed E-state index contributed by atoms with van der Waals surface area (Å²) in [5.74, 6) is -1.24. The average Bonchev–Trinajstić information content (AvgIpc) is 2.43. The summed E-state index contributed by atoms with van der Waals surface area (Å²) in [6, 6.07) is 6.34. The molecule has 6 nitrogen and oxygen atoms in total. The molecule has 114 valence electrons. The summed E-state index contributed by atoms with van der Waals surface area (Å²) >= 11 is 0. The fraction of sp³-hybridized carbons (Fsp3) is 0.133. The fourth-order valence-corrected chi connectivity index (χ4v) is 1.81. The lowest BCUT2D eigenvalue weighted by Gasteiger charge is -2.04. The van der Waals surface area contributed by atoms with Crippen LogP contribution in [-0.2, 0) is 0 Å². The number of rotatable bonds is 3. The van der Waals surface area contributed by atoms with E-state index in [1.807, 2.05) is 0 Å². The second-order valence-electron chi connectivity index (χ2n) is 4.55. The second kappa shape index (κ2) is 6.21. The zero-order valence-electron chi connectivity index (χ0n) is 11.9. The Morgan fingerprint density at radius 2 is 2.09 bits per heavy atom. The highest BCUT2D eigenvalue weighted by Gasteiger charge is 2.13. The number of nitrogens with zero attached hydrogens (tertiary/aromatic N) is 1. The van der Waals surface area contributed by atoms with Crippen LogP contribution in [0.15, 0.2) is 44.6 Å². The van der Waals surface area contributed by atoms with Crippen molar-refractivity contribution < 1.29 is 18.7 Å². The molecule has 2 rings (SSSR count). The van der Waals surface area contributed by atoms with E-state index in [2.05, 4.69) is 10.5 Å². The van der Waals surface area contributed by atoms with Gasteiger partial charge in [-0.25, -0.2) is 14.6 Å². The molecular weight excluding hydrogens is 291 g/mol. The molecule has 1 heterocycles. The second-order valence-corrected chi connectivity index (χ2v) is 4.55. The molecule has 0 aliphatic rings. The van der Waals surface area contributed by atoms with Gasteiger partial charge >= 0.3 is 5.63 Å². The molecule has 0 aliphatic heterocycles. The van der Waals surface area contributed by atoms with E-state index in [1.165, 1.54) is 38.1 Å². The van der Waals surface area contributed by atoms with E-state index in [4.69, 9.17) is 4.42 Å². The van der Waals surface area contributed by atoms with Crippen molar-refractivity contribution in [1.82, 2.24) is 5.43 Å². The van der Waals surface area contributed by atoms with E-state index < -0.39 is 17.3 Å². The number of carbonyl (C=O) groups is 1. The summed E-state index contributed by atoms with van der Waals surface area (Å²) in [6.07, 6.45) is 0. The lowest BCUT2D eigenvalue weighted by atomic mass is 10.2. The van der Waals surface area contributed by atoms with Crippen molar-refractivity contribution in [3.63, 3.8) is 0 Å². The molecule has 1 aromatic heterocycles. The van der Waals surface area contributed by atoms with E-state index in [0.717, 1.165) is 6.07 Å². The van der Waals surface area contributed by atoms with Gasteiger partial charge in [-0.05, 0) is 32.0 Å². The highest BCUT2D eigenvalue weighted by Crippen LogP contribution is 2.15. The van der Waals surface area contributed by atoms with Crippen molar-refractivity contribution in [2.75, 3.05) is 0 Å². The maximum atomic E-state index is 13.0. The maximum absolute atomic E-state index is 13.0. The number of hydrogen-bond donors (Lipinski definition) is 2. The largest absolute Gasteiger partial charge is 0.507 e. The van der Waals surface area contributed by atoms with Crippen LogP contribution < -0.4 is 11.1 Å². The van der Waals surface area contributed by atoms with Gasteiger partial charge in [0.2, 0.25) is 0 Å². The van der Waals surface area contributed by atoms with Crippen LogP contribution in [0.5, 0.6) is 5.75 Å². The van der Waals surface area contributed by atoms with Crippen LogP contribution in [-0.4, -0.2) is 16.7 Å². The fourth-order valence-electron chi connectivity index (χ4n) is 1.81. The number of carbonyl (C=O) groups excluding carboxylic acids is 1. The molecule has 2 N–H and O–H groups in total. The molecule has 0 radical (unpaired) electrons. The molecule has 0 bridgehead atoms. The molecule has 1 aromatic carbocycles.